The van der Waals surface area contributed by atoms with Crippen LogP contribution in [0.1, 0.15) is 5.82 Å². The number of nitrogens with zero attached hydrogens (tertiary/aromatic N) is 2. The summed E-state index contributed by atoms with van der Waals surface area (Å²) in [4.78, 5) is 4.63. The van der Waals surface area contributed by atoms with Crippen LogP contribution in [0.4, 0.5) is 0 Å². The predicted molar refractivity (Wildman–Crippen MR) is 98.7 cm³/mol. The largest absolute Gasteiger partial charge is 0.294 e. The van der Waals surface area contributed by atoms with E-state index >= 15 is 0 Å². The van der Waals surface area contributed by atoms with Crippen LogP contribution in [0.3, 0.4) is 0 Å². The van der Waals surface area contributed by atoms with Crippen molar-refractivity contribution in [2.45, 2.75) is 5.88 Å². The number of alkyl halides is 1. The van der Waals surface area contributed by atoms with Crippen molar-refractivity contribution in [1.29, 1.82) is 0 Å². The van der Waals surface area contributed by atoms with Gasteiger partial charge in [0.15, 0.2) is 0 Å². The molecule has 20 heavy (non-hydrogen) atoms. The smallest absolute Gasteiger partial charge is 0.129 e. The Morgan fingerprint density at radius 3 is 2.65 bits per heavy atom. The first-order valence-electron chi connectivity index (χ1n) is 5.78. The van der Waals surface area contributed by atoms with Crippen LogP contribution in [0.25, 0.3) is 16.7 Å². The monoisotopic (exact) mass is 524 g/mol. The molecule has 2 aromatic carbocycles. The Kier molecular flexibility index (Phi) is 4.40. The topological polar surface area (TPSA) is 17.8 Å². The molecule has 0 saturated heterocycles. The lowest BCUT2D eigenvalue weighted by molar-refractivity contribution is 0.977. The van der Waals surface area contributed by atoms with E-state index < -0.39 is 0 Å². The SMILES string of the molecule is ClCc1nc2cc(I)ccc2n1-c1ccc(Br)cc1Br. The van der Waals surface area contributed by atoms with Crippen molar-refractivity contribution in [3.8, 4) is 5.69 Å². The minimum atomic E-state index is 0.369. The van der Waals surface area contributed by atoms with Gasteiger partial charge in [-0.2, -0.15) is 0 Å². The second-order valence-electron chi connectivity index (χ2n) is 4.23. The molecule has 6 heteroatoms. The van der Waals surface area contributed by atoms with Crippen molar-refractivity contribution in [3.63, 3.8) is 0 Å². The van der Waals surface area contributed by atoms with Gasteiger partial charge < -0.3 is 0 Å². The molecule has 1 heterocycles. The fourth-order valence-electron chi connectivity index (χ4n) is 2.12. The number of fused-ring (bicyclic) bond motifs is 1. The fourth-order valence-corrected chi connectivity index (χ4v) is 4.00. The van der Waals surface area contributed by atoms with Crippen molar-refractivity contribution in [2.75, 3.05) is 0 Å². The van der Waals surface area contributed by atoms with Gasteiger partial charge in [-0.25, -0.2) is 4.98 Å². The molecule has 0 aliphatic rings. The van der Waals surface area contributed by atoms with Gasteiger partial charge in [0.25, 0.3) is 0 Å². The quantitative estimate of drug-likeness (QED) is 0.301. The molecule has 1 aromatic heterocycles. The Morgan fingerprint density at radius 2 is 1.95 bits per heavy atom. The predicted octanol–water partition coefficient (Wildman–Crippen LogP) is 5.89. The Bertz CT molecular complexity index is 801. The Labute approximate surface area is 151 Å². The number of aromatic nitrogens is 2. The van der Waals surface area contributed by atoms with Gasteiger partial charge in [0.2, 0.25) is 0 Å². The third-order valence-corrected chi connectivity index (χ3v) is 4.99. The molecule has 3 aromatic rings. The van der Waals surface area contributed by atoms with Crippen molar-refractivity contribution >= 4 is 77.1 Å². The second-order valence-corrected chi connectivity index (χ2v) is 7.51. The maximum atomic E-state index is 6.07. The molecule has 0 spiro atoms. The number of halogens is 4. The van der Waals surface area contributed by atoms with Gasteiger partial charge in [-0.05, 0) is 74.9 Å². The number of hydrogen-bond donors (Lipinski definition) is 0. The first-order valence-corrected chi connectivity index (χ1v) is 8.98. The van der Waals surface area contributed by atoms with Crippen LogP contribution in [0.2, 0.25) is 0 Å². The highest BCUT2D eigenvalue weighted by atomic mass is 127. The van der Waals surface area contributed by atoms with Gasteiger partial charge in [0.1, 0.15) is 5.82 Å². The summed E-state index contributed by atoms with van der Waals surface area (Å²) < 4.78 is 5.28. The average molecular weight is 526 g/mol. The average Bonchev–Trinajstić information content (AvgIpc) is 2.76. The number of benzene rings is 2. The van der Waals surface area contributed by atoms with Crippen LogP contribution in [0.5, 0.6) is 0 Å². The van der Waals surface area contributed by atoms with Crippen molar-refractivity contribution in [2.24, 2.45) is 0 Å². The molecule has 0 unspecified atom stereocenters. The molecule has 0 atom stereocenters. The van der Waals surface area contributed by atoms with Crippen molar-refractivity contribution < 1.29 is 0 Å². The van der Waals surface area contributed by atoms with E-state index in [1.54, 1.807) is 0 Å². The van der Waals surface area contributed by atoms with E-state index in [1.165, 1.54) is 0 Å². The summed E-state index contributed by atoms with van der Waals surface area (Å²) in [5.41, 5.74) is 3.05. The molecule has 0 saturated carbocycles. The first kappa shape index (κ1) is 14.8. The van der Waals surface area contributed by atoms with Gasteiger partial charge in [-0.3, -0.25) is 4.57 Å². The van der Waals surface area contributed by atoms with Gasteiger partial charge in [0.05, 0.1) is 22.6 Å². The summed E-state index contributed by atoms with van der Waals surface area (Å²) in [6.07, 6.45) is 0. The molecule has 0 radical (unpaired) electrons. The zero-order valence-electron chi connectivity index (χ0n) is 10.1. The van der Waals surface area contributed by atoms with Crippen molar-refractivity contribution in [3.05, 3.63) is 54.7 Å². The minimum Gasteiger partial charge on any atom is -0.294 e. The zero-order chi connectivity index (χ0) is 14.3. The van der Waals surface area contributed by atoms with E-state index in [0.29, 0.717) is 5.88 Å². The minimum absolute atomic E-state index is 0.369. The maximum absolute atomic E-state index is 6.07. The molecule has 0 aliphatic heterocycles. The standard InChI is InChI=1S/C14H8Br2ClIN2/c15-8-1-3-12(10(16)5-8)20-13-4-2-9(18)6-11(13)19-14(20)7-17/h1-6H,7H2. The van der Waals surface area contributed by atoms with E-state index in [2.05, 4.69) is 82.2 Å². The molecule has 2 nitrogen and oxygen atoms in total. The summed E-state index contributed by atoms with van der Waals surface area (Å²) in [5, 5.41) is 0. The first-order chi connectivity index (χ1) is 9.60. The van der Waals surface area contributed by atoms with Gasteiger partial charge in [0, 0.05) is 12.5 Å². The van der Waals surface area contributed by atoms with E-state index in [4.69, 9.17) is 11.6 Å². The highest BCUT2D eigenvalue weighted by molar-refractivity contribution is 14.1. The molecule has 0 N–H and O–H groups in total. The Balaban J connectivity index is 2.34. The summed E-state index contributed by atoms with van der Waals surface area (Å²) in [6.45, 7) is 0. The molecule has 0 amide bonds. The van der Waals surface area contributed by atoms with Crippen LogP contribution in [0.15, 0.2) is 45.3 Å². The summed E-state index contributed by atoms with van der Waals surface area (Å²) in [6, 6.07) is 12.3. The summed E-state index contributed by atoms with van der Waals surface area (Å²) in [7, 11) is 0. The molecular weight excluding hydrogens is 518 g/mol. The van der Waals surface area contributed by atoms with E-state index in [-0.39, 0.29) is 0 Å². The highest BCUT2D eigenvalue weighted by Crippen LogP contribution is 2.30. The summed E-state index contributed by atoms with van der Waals surface area (Å²) >= 11 is 15.4. The molecule has 3 rings (SSSR count). The lowest BCUT2D eigenvalue weighted by atomic mass is 10.3. The van der Waals surface area contributed by atoms with Crippen LogP contribution >= 0.6 is 66.1 Å². The fraction of sp³-hybridized carbons (Fsp3) is 0.0714. The lowest BCUT2D eigenvalue weighted by Gasteiger charge is -2.10. The van der Waals surface area contributed by atoms with Crippen molar-refractivity contribution in [1.82, 2.24) is 9.55 Å². The molecular formula is C14H8Br2ClIN2. The van der Waals surface area contributed by atoms with Crippen LogP contribution in [-0.2, 0) is 5.88 Å². The van der Waals surface area contributed by atoms with E-state index in [9.17, 15) is 0 Å². The lowest BCUT2D eigenvalue weighted by Crippen LogP contribution is -2.00. The van der Waals surface area contributed by atoms with Crippen LogP contribution in [0, 0.1) is 3.57 Å². The van der Waals surface area contributed by atoms with Gasteiger partial charge in [-0.1, -0.05) is 15.9 Å². The van der Waals surface area contributed by atoms with E-state index in [1.807, 2.05) is 18.2 Å². The second kappa shape index (κ2) is 5.94. The Hall–Kier alpha value is -0.110. The third kappa shape index (κ3) is 2.65. The maximum Gasteiger partial charge on any atom is 0.129 e. The number of imidazole rings is 1. The van der Waals surface area contributed by atoms with Gasteiger partial charge >= 0.3 is 0 Å². The normalized spacial score (nSPS) is 11.2. The molecule has 102 valence electrons. The molecule has 0 aliphatic carbocycles. The van der Waals surface area contributed by atoms with E-state index in [0.717, 1.165) is 35.1 Å². The molecule has 0 fully saturated rings. The summed E-state index contributed by atoms with van der Waals surface area (Å²) in [5.74, 6) is 1.21. The Morgan fingerprint density at radius 1 is 1.15 bits per heavy atom. The third-order valence-electron chi connectivity index (χ3n) is 2.96. The van der Waals surface area contributed by atoms with Crippen LogP contribution in [-0.4, -0.2) is 9.55 Å². The number of hydrogen-bond acceptors (Lipinski definition) is 1. The molecule has 0 bridgehead atoms. The zero-order valence-corrected chi connectivity index (χ0v) is 16.2. The number of rotatable bonds is 2. The highest BCUT2D eigenvalue weighted by Gasteiger charge is 2.14. The van der Waals surface area contributed by atoms with Crippen LogP contribution < -0.4 is 0 Å². The van der Waals surface area contributed by atoms with Gasteiger partial charge in [-0.15, -0.1) is 11.6 Å².